The highest BCUT2D eigenvalue weighted by Crippen LogP contribution is 2.25. The number of hydrogen-bond donors (Lipinski definition) is 2. The highest BCUT2D eigenvalue weighted by molar-refractivity contribution is 5.93. The summed E-state index contributed by atoms with van der Waals surface area (Å²) in [4.78, 5) is 28.8. The van der Waals surface area contributed by atoms with E-state index < -0.39 is 17.9 Å². The zero-order chi connectivity index (χ0) is 17.8. The average Bonchev–Trinajstić information content (AvgIpc) is 3.18. The summed E-state index contributed by atoms with van der Waals surface area (Å²) in [5.41, 5.74) is 0.406. The van der Waals surface area contributed by atoms with Crippen LogP contribution in [0.25, 0.3) is 0 Å². The highest BCUT2D eigenvalue weighted by atomic mass is 19.1. The first-order valence-electron chi connectivity index (χ1n) is 7.61. The van der Waals surface area contributed by atoms with Crippen molar-refractivity contribution in [1.29, 1.82) is 0 Å². The fourth-order valence-corrected chi connectivity index (χ4v) is 2.30. The van der Waals surface area contributed by atoms with Crippen LogP contribution in [0.4, 0.5) is 25.4 Å². The quantitative estimate of drug-likeness (QED) is 0.852. The number of urea groups is 1. The van der Waals surface area contributed by atoms with Gasteiger partial charge < -0.3 is 19.9 Å². The van der Waals surface area contributed by atoms with E-state index in [2.05, 4.69) is 20.8 Å². The fraction of sp³-hybridized carbons (Fsp3) is 0.333. The van der Waals surface area contributed by atoms with Crippen molar-refractivity contribution in [2.75, 3.05) is 29.9 Å². The topological polar surface area (TPSA) is 110 Å². The van der Waals surface area contributed by atoms with E-state index in [-0.39, 0.29) is 18.8 Å². The van der Waals surface area contributed by atoms with Crippen molar-refractivity contribution < 1.29 is 23.2 Å². The number of nitrogens with zero attached hydrogens (tertiary/aromatic N) is 3. The van der Waals surface area contributed by atoms with E-state index in [4.69, 9.17) is 9.26 Å². The van der Waals surface area contributed by atoms with Crippen molar-refractivity contribution >= 4 is 23.5 Å². The van der Waals surface area contributed by atoms with E-state index in [0.29, 0.717) is 30.4 Å². The van der Waals surface area contributed by atoms with Crippen molar-refractivity contribution in [3.05, 3.63) is 35.7 Å². The van der Waals surface area contributed by atoms with Crippen molar-refractivity contribution in [2.24, 2.45) is 0 Å². The number of anilines is 2. The number of ether oxygens (including phenoxy) is 1. The number of rotatable bonds is 5. The molecule has 1 aliphatic rings. The molecule has 1 saturated heterocycles. The number of hydrogen-bond acceptors (Lipinski definition) is 6. The number of amides is 3. The molecule has 2 heterocycles. The lowest BCUT2D eigenvalue weighted by Crippen LogP contribution is -2.31. The zero-order valence-corrected chi connectivity index (χ0v) is 13.4. The van der Waals surface area contributed by atoms with E-state index in [9.17, 15) is 14.0 Å². The molecule has 0 unspecified atom stereocenters. The first kappa shape index (κ1) is 16.7. The Kier molecular flexibility index (Phi) is 4.78. The van der Waals surface area contributed by atoms with Crippen molar-refractivity contribution in [2.45, 2.75) is 13.3 Å². The monoisotopic (exact) mass is 349 g/mol. The first-order chi connectivity index (χ1) is 12.0. The second-order valence-corrected chi connectivity index (χ2v) is 5.30. The maximum Gasteiger partial charge on any atom is 0.414 e. The van der Waals surface area contributed by atoms with Crippen LogP contribution in [0.5, 0.6) is 0 Å². The van der Waals surface area contributed by atoms with Crippen LogP contribution < -0.4 is 15.5 Å². The Balaban J connectivity index is 1.57. The summed E-state index contributed by atoms with van der Waals surface area (Å²) in [6.07, 6.45) is -0.145. The summed E-state index contributed by atoms with van der Waals surface area (Å²) in [7, 11) is 0. The Bertz CT molecular complexity index is 794. The molecule has 0 saturated carbocycles. The van der Waals surface area contributed by atoms with Gasteiger partial charge in [-0.1, -0.05) is 5.16 Å². The minimum Gasteiger partial charge on any atom is -0.447 e. The lowest BCUT2D eigenvalue weighted by Gasteiger charge is -2.15. The van der Waals surface area contributed by atoms with E-state index in [0.717, 1.165) is 0 Å². The van der Waals surface area contributed by atoms with Crippen LogP contribution in [-0.2, 0) is 11.2 Å². The SMILES string of the molecule is Cc1noc(CCNC(=O)Nc2cc(N3CCOC3=O)ccc2F)n1. The molecule has 0 radical (unpaired) electrons. The molecule has 0 aliphatic carbocycles. The smallest absolute Gasteiger partial charge is 0.414 e. The Morgan fingerprint density at radius 2 is 2.28 bits per heavy atom. The van der Waals surface area contributed by atoms with Crippen LogP contribution in [0.1, 0.15) is 11.7 Å². The van der Waals surface area contributed by atoms with Gasteiger partial charge in [0.25, 0.3) is 0 Å². The molecule has 2 aromatic rings. The maximum absolute atomic E-state index is 13.9. The predicted octanol–water partition coefficient (Wildman–Crippen LogP) is 1.84. The van der Waals surface area contributed by atoms with Crippen molar-refractivity contribution in [3.8, 4) is 0 Å². The molecule has 3 rings (SSSR count). The van der Waals surface area contributed by atoms with Gasteiger partial charge in [-0.25, -0.2) is 14.0 Å². The third kappa shape index (κ3) is 4.03. The summed E-state index contributed by atoms with van der Waals surface area (Å²) < 4.78 is 23.7. The number of aryl methyl sites for hydroxylation is 1. The van der Waals surface area contributed by atoms with E-state index in [1.54, 1.807) is 6.92 Å². The van der Waals surface area contributed by atoms with Gasteiger partial charge in [0.15, 0.2) is 5.82 Å². The second kappa shape index (κ2) is 7.16. The van der Waals surface area contributed by atoms with Crippen LogP contribution >= 0.6 is 0 Å². The highest BCUT2D eigenvalue weighted by Gasteiger charge is 2.24. The minimum atomic E-state index is -0.612. The number of carbonyl (C=O) groups is 2. The number of halogens is 1. The van der Waals surface area contributed by atoms with Gasteiger partial charge in [0, 0.05) is 18.7 Å². The number of cyclic esters (lactones) is 1. The third-order valence-corrected chi connectivity index (χ3v) is 3.46. The van der Waals surface area contributed by atoms with Gasteiger partial charge in [-0.15, -0.1) is 0 Å². The molecular formula is C15H16FN5O4. The molecular weight excluding hydrogens is 333 g/mol. The summed E-state index contributed by atoms with van der Waals surface area (Å²) in [5, 5.41) is 8.61. The Morgan fingerprint density at radius 1 is 1.44 bits per heavy atom. The average molecular weight is 349 g/mol. The van der Waals surface area contributed by atoms with Gasteiger partial charge in [0.1, 0.15) is 12.4 Å². The molecule has 25 heavy (non-hydrogen) atoms. The molecule has 0 bridgehead atoms. The number of benzene rings is 1. The standard InChI is InChI=1S/C15H16FN5O4/c1-9-18-13(25-20-9)4-5-17-14(22)19-12-8-10(2-3-11(12)16)21-6-7-24-15(21)23/h2-3,8H,4-7H2,1H3,(H2,17,19,22). The van der Waals surface area contributed by atoms with Crippen LogP contribution in [-0.4, -0.2) is 42.0 Å². The molecule has 0 spiro atoms. The Hall–Kier alpha value is -3.17. The molecule has 10 heteroatoms. The van der Waals surface area contributed by atoms with Crippen molar-refractivity contribution in [1.82, 2.24) is 15.5 Å². The van der Waals surface area contributed by atoms with Gasteiger partial charge in [-0.2, -0.15) is 4.98 Å². The lowest BCUT2D eigenvalue weighted by atomic mass is 10.2. The van der Waals surface area contributed by atoms with Crippen LogP contribution in [0.2, 0.25) is 0 Å². The molecule has 0 atom stereocenters. The summed E-state index contributed by atoms with van der Waals surface area (Å²) in [6, 6.07) is 3.42. The second-order valence-electron chi connectivity index (χ2n) is 5.30. The molecule has 1 aromatic carbocycles. The number of carbonyl (C=O) groups excluding carboxylic acids is 2. The normalized spacial score (nSPS) is 13.7. The van der Waals surface area contributed by atoms with Gasteiger partial charge in [-0.3, -0.25) is 4.90 Å². The van der Waals surface area contributed by atoms with E-state index >= 15 is 0 Å². The Morgan fingerprint density at radius 3 is 2.96 bits per heavy atom. The summed E-state index contributed by atoms with van der Waals surface area (Å²) in [5.74, 6) is 0.302. The van der Waals surface area contributed by atoms with Gasteiger partial charge in [0.2, 0.25) is 5.89 Å². The molecule has 1 aliphatic heterocycles. The molecule has 132 valence electrons. The lowest BCUT2D eigenvalue weighted by molar-refractivity contribution is 0.181. The predicted molar refractivity (Wildman–Crippen MR) is 84.9 cm³/mol. The Labute approximate surface area is 142 Å². The molecule has 9 nitrogen and oxygen atoms in total. The molecule has 1 aromatic heterocycles. The molecule has 2 N–H and O–H groups in total. The summed E-state index contributed by atoms with van der Waals surface area (Å²) in [6.45, 7) is 2.58. The third-order valence-electron chi connectivity index (χ3n) is 3.46. The largest absolute Gasteiger partial charge is 0.447 e. The van der Waals surface area contributed by atoms with Gasteiger partial charge in [-0.05, 0) is 25.1 Å². The maximum atomic E-state index is 13.9. The summed E-state index contributed by atoms with van der Waals surface area (Å²) >= 11 is 0. The van der Waals surface area contributed by atoms with Crippen LogP contribution in [0.3, 0.4) is 0 Å². The molecule has 1 fully saturated rings. The van der Waals surface area contributed by atoms with E-state index in [1.807, 2.05) is 0 Å². The van der Waals surface area contributed by atoms with Crippen LogP contribution in [0.15, 0.2) is 22.7 Å². The first-order valence-corrected chi connectivity index (χ1v) is 7.61. The zero-order valence-electron chi connectivity index (χ0n) is 13.4. The van der Waals surface area contributed by atoms with Crippen molar-refractivity contribution in [3.63, 3.8) is 0 Å². The fourth-order valence-electron chi connectivity index (χ4n) is 2.30. The minimum absolute atomic E-state index is 0.0386. The number of aromatic nitrogens is 2. The van der Waals surface area contributed by atoms with E-state index in [1.165, 1.54) is 23.1 Å². The molecule has 3 amide bonds. The van der Waals surface area contributed by atoms with Gasteiger partial charge in [0.05, 0.1) is 12.2 Å². The number of nitrogens with one attached hydrogen (secondary N) is 2. The van der Waals surface area contributed by atoms with Crippen LogP contribution in [0, 0.1) is 12.7 Å². The van der Waals surface area contributed by atoms with Gasteiger partial charge >= 0.3 is 12.1 Å².